The molecule has 0 bridgehead atoms. The Bertz CT molecular complexity index is 487. The quantitative estimate of drug-likeness (QED) is 0.576. The van der Waals surface area contributed by atoms with E-state index in [1.165, 1.54) is 25.7 Å². The number of rotatable bonds is 5. The molecule has 1 aliphatic rings. The molecule has 0 spiro atoms. The first-order valence-electron chi connectivity index (χ1n) is 7.58. The number of nitrogen functional groups attached to an aromatic ring is 1. The summed E-state index contributed by atoms with van der Waals surface area (Å²) in [7, 11) is 0. The summed E-state index contributed by atoms with van der Waals surface area (Å²) in [4.78, 5) is 16.4. The summed E-state index contributed by atoms with van der Waals surface area (Å²) < 4.78 is 0. The molecule has 0 saturated heterocycles. The fraction of sp³-hybridized carbons (Fsp3) is 0.600. The van der Waals surface area contributed by atoms with Crippen LogP contribution in [0.1, 0.15) is 55.9 Å². The van der Waals surface area contributed by atoms with Crippen LogP contribution in [0.15, 0.2) is 12.1 Å². The zero-order valence-corrected chi connectivity index (χ0v) is 13.1. The summed E-state index contributed by atoms with van der Waals surface area (Å²) in [5.41, 5.74) is 2.65. The molecule has 2 rings (SSSR count). The number of aromatic nitrogens is 1. The van der Waals surface area contributed by atoms with Crippen LogP contribution in [-0.4, -0.2) is 16.9 Å². The van der Waals surface area contributed by atoms with Gasteiger partial charge >= 0.3 is 0 Å². The Morgan fingerprint density at radius 3 is 2.71 bits per heavy atom. The van der Waals surface area contributed by atoms with Crippen LogP contribution >= 0.6 is 11.6 Å². The van der Waals surface area contributed by atoms with Crippen LogP contribution in [-0.2, 0) is 0 Å². The van der Waals surface area contributed by atoms with Gasteiger partial charge in [0.2, 0.25) is 0 Å². The van der Waals surface area contributed by atoms with E-state index in [2.05, 4.69) is 22.7 Å². The largest absolute Gasteiger partial charge is 0.348 e. The van der Waals surface area contributed by atoms with Crippen molar-refractivity contribution in [3.8, 4) is 0 Å². The number of hydrogen-bond acceptors (Lipinski definition) is 4. The SMILES string of the molecule is CCCC1CCC(NC(=O)c2nc(NN)ccc2Cl)CC1. The van der Waals surface area contributed by atoms with Gasteiger partial charge < -0.3 is 10.7 Å². The molecule has 0 aliphatic heterocycles. The zero-order chi connectivity index (χ0) is 15.2. The molecule has 1 heterocycles. The van der Waals surface area contributed by atoms with E-state index >= 15 is 0 Å². The smallest absolute Gasteiger partial charge is 0.271 e. The van der Waals surface area contributed by atoms with E-state index in [4.69, 9.17) is 17.4 Å². The van der Waals surface area contributed by atoms with Gasteiger partial charge in [0.25, 0.3) is 5.91 Å². The predicted molar refractivity (Wildman–Crippen MR) is 85.2 cm³/mol. The molecule has 1 aromatic rings. The van der Waals surface area contributed by atoms with E-state index in [9.17, 15) is 4.79 Å². The van der Waals surface area contributed by atoms with Crippen LogP contribution in [0.4, 0.5) is 5.82 Å². The molecule has 1 aliphatic carbocycles. The molecule has 0 unspecified atom stereocenters. The van der Waals surface area contributed by atoms with E-state index in [-0.39, 0.29) is 17.6 Å². The lowest BCUT2D eigenvalue weighted by atomic mass is 9.83. The number of hydrazine groups is 1. The number of amides is 1. The number of nitrogens with two attached hydrogens (primary N) is 1. The number of halogens is 1. The highest BCUT2D eigenvalue weighted by Crippen LogP contribution is 2.28. The van der Waals surface area contributed by atoms with E-state index in [0.717, 1.165) is 18.8 Å². The Morgan fingerprint density at radius 1 is 1.38 bits per heavy atom. The van der Waals surface area contributed by atoms with Crippen LogP contribution < -0.4 is 16.6 Å². The van der Waals surface area contributed by atoms with Crippen molar-refractivity contribution < 1.29 is 4.79 Å². The summed E-state index contributed by atoms with van der Waals surface area (Å²) in [5, 5.41) is 3.37. The second-order valence-corrected chi connectivity index (χ2v) is 6.06. The molecule has 21 heavy (non-hydrogen) atoms. The molecule has 0 radical (unpaired) electrons. The van der Waals surface area contributed by atoms with Gasteiger partial charge in [0, 0.05) is 6.04 Å². The minimum absolute atomic E-state index is 0.220. The molecule has 0 atom stereocenters. The zero-order valence-electron chi connectivity index (χ0n) is 12.4. The number of carbonyl (C=O) groups is 1. The minimum Gasteiger partial charge on any atom is -0.348 e. The standard InChI is InChI=1S/C15H23ClN4O/c1-2-3-10-4-6-11(7-5-10)18-15(21)14-12(16)8-9-13(19-14)20-17/h8-11H,2-7,17H2,1H3,(H,18,21)(H,19,20). The first kappa shape index (κ1) is 16.0. The van der Waals surface area contributed by atoms with Crippen LogP contribution in [0, 0.1) is 5.92 Å². The highest BCUT2D eigenvalue weighted by atomic mass is 35.5. The van der Waals surface area contributed by atoms with Gasteiger partial charge in [-0.25, -0.2) is 10.8 Å². The lowest BCUT2D eigenvalue weighted by molar-refractivity contribution is 0.0916. The first-order chi connectivity index (χ1) is 10.1. The molecule has 1 amide bonds. The van der Waals surface area contributed by atoms with Gasteiger partial charge in [-0.2, -0.15) is 0 Å². The highest BCUT2D eigenvalue weighted by molar-refractivity contribution is 6.33. The Labute approximate surface area is 130 Å². The van der Waals surface area contributed by atoms with Crippen LogP contribution in [0.2, 0.25) is 5.02 Å². The molecule has 1 saturated carbocycles. The normalized spacial score (nSPS) is 21.9. The highest BCUT2D eigenvalue weighted by Gasteiger charge is 2.23. The van der Waals surface area contributed by atoms with Crippen molar-refractivity contribution >= 4 is 23.3 Å². The van der Waals surface area contributed by atoms with Gasteiger partial charge in [0.15, 0.2) is 0 Å². The third-order valence-corrected chi connectivity index (χ3v) is 4.39. The fourth-order valence-electron chi connectivity index (χ4n) is 2.94. The van der Waals surface area contributed by atoms with Gasteiger partial charge in [-0.05, 0) is 43.7 Å². The van der Waals surface area contributed by atoms with Crippen molar-refractivity contribution in [3.05, 3.63) is 22.8 Å². The molecule has 1 fully saturated rings. The molecular formula is C15H23ClN4O. The third kappa shape index (κ3) is 4.32. The van der Waals surface area contributed by atoms with Gasteiger partial charge in [-0.1, -0.05) is 31.4 Å². The summed E-state index contributed by atoms with van der Waals surface area (Å²) in [5.74, 6) is 6.33. The molecule has 1 aromatic heterocycles. The lowest BCUT2D eigenvalue weighted by Gasteiger charge is -2.28. The summed E-state index contributed by atoms with van der Waals surface area (Å²) in [6.07, 6.45) is 6.96. The molecule has 5 nitrogen and oxygen atoms in total. The van der Waals surface area contributed by atoms with Crippen LogP contribution in [0.3, 0.4) is 0 Å². The number of anilines is 1. The van der Waals surface area contributed by atoms with Crippen molar-refractivity contribution in [2.45, 2.75) is 51.5 Å². The van der Waals surface area contributed by atoms with Crippen molar-refractivity contribution in [2.24, 2.45) is 11.8 Å². The monoisotopic (exact) mass is 310 g/mol. The maximum atomic E-state index is 12.3. The first-order valence-corrected chi connectivity index (χ1v) is 7.95. The van der Waals surface area contributed by atoms with E-state index in [0.29, 0.717) is 10.8 Å². The molecular weight excluding hydrogens is 288 g/mol. The average molecular weight is 311 g/mol. The van der Waals surface area contributed by atoms with Crippen LogP contribution in [0.25, 0.3) is 0 Å². The van der Waals surface area contributed by atoms with Gasteiger partial charge in [0.1, 0.15) is 11.5 Å². The molecule has 116 valence electrons. The Hall–Kier alpha value is -1.33. The summed E-state index contributed by atoms with van der Waals surface area (Å²) in [6, 6.07) is 3.48. The average Bonchev–Trinajstić information content (AvgIpc) is 2.50. The number of nitrogens with one attached hydrogen (secondary N) is 2. The molecule has 4 N–H and O–H groups in total. The third-order valence-electron chi connectivity index (χ3n) is 4.09. The topological polar surface area (TPSA) is 80.0 Å². The van der Waals surface area contributed by atoms with Crippen molar-refractivity contribution in [1.82, 2.24) is 10.3 Å². The minimum atomic E-state index is -0.226. The Balaban J connectivity index is 1.93. The Morgan fingerprint density at radius 2 is 2.10 bits per heavy atom. The molecule has 0 aromatic carbocycles. The van der Waals surface area contributed by atoms with Crippen molar-refractivity contribution in [3.63, 3.8) is 0 Å². The van der Waals surface area contributed by atoms with Crippen molar-refractivity contribution in [2.75, 3.05) is 5.43 Å². The fourth-order valence-corrected chi connectivity index (χ4v) is 3.13. The van der Waals surface area contributed by atoms with E-state index < -0.39 is 0 Å². The second kappa shape index (κ2) is 7.61. The van der Waals surface area contributed by atoms with Crippen LogP contribution in [0.5, 0.6) is 0 Å². The number of nitrogens with zero attached hydrogens (tertiary/aromatic N) is 1. The lowest BCUT2D eigenvalue weighted by Crippen LogP contribution is -2.38. The predicted octanol–water partition coefficient (Wildman–Crippen LogP) is 3.11. The number of pyridine rings is 1. The second-order valence-electron chi connectivity index (χ2n) is 5.65. The van der Waals surface area contributed by atoms with Gasteiger partial charge in [0.05, 0.1) is 5.02 Å². The molecule has 6 heteroatoms. The number of hydrogen-bond donors (Lipinski definition) is 3. The Kier molecular flexibility index (Phi) is 5.82. The maximum absolute atomic E-state index is 12.3. The summed E-state index contributed by atoms with van der Waals surface area (Å²) in [6.45, 7) is 2.22. The van der Waals surface area contributed by atoms with Crippen molar-refractivity contribution in [1.29, 1.82) is 0 Å². The van der Waals surface area contributed by atoms with Gasteiger partial charge in [-0.15, -0.1) is 0 Å². The van der Waals surface area contributed by atoms with Gasteiger partial charge in [-0.3, -0.25) is 4.79 Å². The van der Waals surface area contributed by atoms with E-state index in [1.54, 1.807) is 12.1 Å². The van der Waals surface area contributed by atoms with E-state index in [1.807, 2.05) is 0 Å². The number of carbonyl (C=O) groups excluding carboxylic acids is 1. The maximum Gasteiger partial charge on any atom is 0.271 e. The summed E-state index contributed by atoms with van der Waals surface area (Å²) >= 11 is 6.04.